The first-order valence-corrected chi connectivity index (χ1v) is 7.77. The Labute approximate surface area is 138 Å². The van der Waals surface area contributed by atoms with Gasteiger partial charge in [-0.25, -0.2) is 4.39 Å². The van der Waals surface area contributed by atoms with Gasteiger partial charge in [-0.3, -0.25) is 10.1 Å². The van der Waals surface area contributed by atoms with E-state index in [-0.39, 0.29) is 17.5 Å². The van der Waals surface area contributed by atoms with Crippen molar-refractivity contribution in [3.05, 3.63) is 58.4 Å². The van der Waals surface area contributed by atoms with Crippen LogP contribution in [0.3, 0.4) is 0 Å². The highest BCUT2D eigenvalue weighted by atomic mass is 19.1. The molecule has 7 heteroatoms. The lowest BCUT2D eigenvalue weighted by atomic mass is 10.1. The van der Waals surface area contributed by atoms with Gasteiger partial charge in [-0.2, -0.15) is 0 Å². The van der Waals surface area contributed by atoms with Gasteiger partial charge in [0.15, 0.2) is 0 Å². The molecule has 0 radical (unpaired) electrons. The minimum atomic E-state index is -0.644. The summed E-state index contributed by atoms with van der Waals surface area (Å²) >= 11 is 0. The third-order valence-electron chi connectivity index (χ3n) is 4.13. The third kappa shape index (κ3) is 3.62. The Morgan fingerprint density at radius 1 is 1.17 bits per heavy atom. The molecular formula is C17H18FN3O3. The maximum atomic E-state index is 13.2. The predicted octanol–water partition coefficient (Wildman–Crippen LogP) is 3.44. The Hall–Kier alpha value is -2.67. The van der Waals surface area contributed by atoms with E-state index < -0.39 is 10.7 Å². The number of nitrogens with zero attached hydrogens (tertiary/aromatic N) is 2. The highest BCUT2D eigenvalue weighted by Crippen LogP contribution is 2.29. The molecule has 0 atom stereocenters. The molecule has 2 N–H and O–H groups in total. The zero-order valence-electron chi connectivity index (χ0n) is 13.0. The van der Waals surface area contributed by atoms with Crippen molar-refractivity contribution in [2.24, 2.45) is 0 Å². The Bertz CT molecular complexity index is 728. The van der Waals surface area contributed by atoms with Crippen LogP contribution in [0.15, 0.2) is 42.5 Å². The van der Waals surface area contributed by atoms with Crippen molar-refractivity contribution < 1.29 is 14.4 Å². The SMILES string of the molecule is O=[N+]([O-])c1cc(F)ccc1Nc1ccc(N2CCC(O)CC2)cc1. The summed E-state index contributed by atoms with van der Waals surface area (Å²) in [6.45, 7) is 1.61. The van der Waals surface area contributed by atoms with Crippen LogP contribution in [0, 0.1) is 15.9 Å². The van der Waals surface area contributed by atoms with Gasteiger partial charge in [0.1, 0.15) is 11.5 Å². The minimum absolute atomic E-state index is 0.221. The number of aliphatic hydroxyl groups excluding tert-OH is 1. The first kappa shape index (κ1) is 16.2. The van der Waals surface area contributed by atoms with E-state index in [1.807, 2.05) is 24.3 Å². The molecule has 6 nitrogen and oxygen atoms in total. The summed E-state index contributed by atoms with van der Waals surface area (Å²) < 4.78 is 13.2. The fourth-order valence-electron chi connectivity index (χ4n) is 2.80. The van der Waals surface area contributed by atoms with Crippen molar-refractivity contribution in [3.8, 4) is 0 Å². The lowest BCUT2D eigenvalue weighted by Gasteiger charge is -2.31. The van der Waals surface area contributed by atoms with Crippen molar-refractivity contribution in [1.82, 2.24) is 0 Å². The molecule has 0 spiro atoms. The van der Waals surface area contributed by atoms with Crippen molar-refractivity contribution in [1.29, 1.82) is 0 Å². The Balaban J connectivity index is 1.74. The van der Waals surface area contributed by atoms with E-state index in [0.29, 0.717) is 5.69 Å². The molecule has 0 saturated carbocycles. The summed E-state index contributed by atoms with van der Waals surface area (Å²) in [6, 6.07) is 10.9. The molecule has 0 bridgehead atoms. The van der Waals surface area contributed by atoms with E-state index in [1.54, 1.807) is 0 Å². The Kier molecular flexibility index (Phi) is 4.61. The molecule has 0 unspecified atom stereocenters. The summed E-state index contributed by atoms with van der Waals surface area (Å²) in [5.74, 6) is -0.644. The van der Waals surface area contributed by atoms with Gasteiger partial charge in [-0.15, -0.1) is 0 Å². The molecule has 1 heterocycles. The second-order valence-corrected chi connectivity index (χ2v) is 5.81. The van der Waals surface area contributed by atoms with Crippen molar-refractivity contribution >= 4 is 22.7 Å². The largest absolute Gasteiger partial charge is 0.393 e. The van der Waals surface area contributed by atoms with Gasteiger partial charge in [-0.05, 0) is 49.2 Å². The number of hydrogen-bond acceptors (Lipinski definition) is 5. The molecule has 0 aromatic heterocycles. The van der Waals surface area contributed by atoms with Crippen LogP contribution >= 0.6 is 0 Å². The van der Waals surface area contributed by atoms with Crippen LogP contribution in [0.5, 0.6) is 0 Å². The van der Waals surface area contributed by atoms with E-state index in [9.17, 15) is 19.6 Å². The molecule has 0 amide bonds. The van der Waals surface area contributed by atoms with Gasteiger partial charge in [0, 0.05) is 24.5 Å². The average molecular weight is 331 g/mol. The fraction of sp³-hybridized carbons (Fsp3) is 0.294. The first-order chi connectivity index (χ1) is 11.5. The maximum absolute atomic E-state index is 13.2. The number of benzene rings is 2. The van der Waals surface area contributed by atoms with Crippen LogP contribution in [0.4, 0.5) is 27.1 Å². The number of nitro groups is 1. The summed E-state index contributed by atoms with van der Waals surface area (Å²) in [7, 11) is 0. The summed E-state index contributed by atoms with van der Waals surface area (Å²) in [5.41, 5.74) is 1.67. The number of anilines is 3. The number of piperidine rings is 1. The van der Waals surface area contributed by atoms with E-state index >= 15 is 0 Å². The molecule has 1 aliphatic rings. The Morgan fingerprint density at radius 3 is 2.46 bits per heavy atom. The number of aliphatic hydroxyl groups is 1. The van der Waals surface area contributed by atoms with Crippen LogP contribution < -0.4 is 10.2 Å². The minimum Gasteiger partial charge on any atom is -0.393 e. The van der Waals surface area contributed by atoms with Crippen LogP contribution in [0.1, 0.15) is 12.8 Å². The van der Waals surface area contributed by atoms with E-state index in [2.05, 4.69) is 10.2 Å². The van der Waals surface area contributed by atoms with E-state index in [0.717, 1.165) is 37.7 Å². The van der Waals surface area contributed by atoms with Gasteiger partial charge < -0.3 is 15.3 Å². The van der Waals surface area contributed by atoms with Gasteiger partial charge >= 0.3 is 0 Å². The van der Waals surface area contributed by atoms with Crippen LogP contribution in [0.2, 0.25) is 0 Å². The van der Waals surface area contributed by atoms with E-state index in [1.165, 1.54) is 12.1 Å². The predicted molar refractivity (Wildman–Crippen MR) is 90.2 cm³/mol. The summed E-state index contributed by atoms with van der Waals surface area (Å²) in [6.07, 6.45) is 1.28. The van der Waals surface area contributed by atoms with Crippen molar-refractivity contribution in [2.75, 3.05) is 23.3 Å². The highest BCUT2D eigenvalue weighted by Gasteiger charge is 2.18. The van der Waals surface area contributed by atoms with Gasteiger partial charge in [0.2, 0.25) is 0 Å². The monoisotopic (exact) mass is 331 g/mol. The lowest BCUT2D eigenvalue weighted by Crippen LogP contribution is -2.35. The summed E-state index contributed by atoms with van der Waals surface area (Å²) in [4.78, 5) is 12.6. The fourth-order valence-corrected chi connectivity index (χ4v) is 2.80. The second-order valence-electron chi connectivity index (χ2n) is 5.81. The van der Waals surface area contributed by atoms with Crippen LogP contribution in [0.25, 0.3) is 0 Å². The third-order valence-corrected chi connectivity index (χ3v) is 4.13. The molecular weight excluding hydrogens is 313 g/mol. The topological polar surface area (TPSA) is 78.6 Å². The molecule has 3 rings (SSSR count). The molecule has 1 fully saturated rings. The first-order valence-electron chi connectivity index (χ1n) is 7.77. The maximum Gasteiger partial charge on any atom is 0.295 e. The summed E-state index contributed by atoms with van der Waals surface area (Å²) in [5, 5.41) is 23.5. The molecule has 2 aromatic rings. The van der Waals surface area contributed by atoms with Crippen molar-refractivity contribution in [2.45, 2.75) is 18.9 Å². The van der Waals surface area contributed by atoms with Gasteiger partial charge in [-0.1, -0.05) is 0 Å². The number of nitrogens with one attached hydrogen (secondary N) is 1. The highest BCUT2D eigenvalue weighted by molar-refractivity contribution is 5.70. The smallest absolute Gasteiger partial charge is 0.295 e. The molecule has 24 heavy (non-hydrogen) atoms. The normalized spacial score (nSPS) is 15.3. The number of rotatable bonds is 4. The number of halogens is 1. The van der Waals surface area contributed by atoms with Gasteiger partial charge in [0.05, 0.1) is 17.1 Å². The van der Waals surface area contributed by atoms with Gasteiger partial charge in [0.25, 0.3) is 5.69 Å². The van der Waals surface area contributed by atoms with Crippen LogP contribution in [-0.2, 0) is 0 Å². The van der Waals surface area contributed by atoms with Crippen LogP contribution in [-0.4, -0.2) is 29.2 Å². The zero-order chi connectivity index (χ0) is 17.1. The molecule has 1 aliphatic heterocycles. The molecule has 126 valence electrons. The quantitative estimate of drug-likeness (QED) is 0.663. The molecule has 0 aliphatic carbocycles. The number of hydrogen-bond donors (Lipinski definition) is 2. The molecule has 1 saturated heterocycles. The Morgan fingerprint density at radius 2 is 1.83 bits per heavy atom. The second kappa shape index (κ2) is 6.84. The lowest BCUT2D eigenvalue weighted by molar-refractivity contribution is -0.384. The standard InChI is InChI=1S/C17H18FN3O3/c18-12-1-6-16(17(11-12)21(23)24)19-13-2-4-14(5-3-13)20-9-7-15(22)8-10-20/h1-6,11,15,19,22H,7-10H2. The zero-order valence-corrected chi connectivity index (χ0v) is 13.0. The average Bonchev–Trinajstić information content (AvgIpc) is 2.58. The van der Waals surface area contributed by atoms with E-state index in [4.69, 9.17) is 0 Å². The number of nitro benzene ring substituents is 1. The molecule has 2 aromatic carbocycles. The van der Waals surface area contributed by atoms with Crippen molar-refractivity contribution in [3.63, 3.8) is 0 Å².